The summed E-state index contributed by atoms with van der Waals surface area (Å²) in [6, 6.07) is 8.94. The lowest BCUT2D eigenvalue weighted by atomic mass is 9.98. The number of hydrogen-bond acceptors (Lipinski definition) is 3. The van der Waals surface area contributed by atoms with Gasteiger partial charge in [0.1, 0.15) is 11.9 Å². The number of carbonyl (C=O) groups is 1. The third-order valence-corrected chi connectivity index (χ3v) is 4.91. The van der Waals surface area contributed by atoms with Gasteiger partial charge in [0.2, 0.25) is 0 Å². The van der Waals surface area contributed by atoms with Crippen molar-refractivity contribution in [2.75, 3.05) is 11.9 Å². The molecule has 0 aliphatic carbocycles. The Morgan fingerprint density at radius 2 is 2.10 bits per heavy atom. The lowest BCUT2D eigenvalue weighted by Gasteiger charge is -2.27. The van der Waals surface area contributed by atoms with Crippen molar-refractivity contribution >= 4 is 34.9 Å². The number of nitrogens with one attached hydrogen (secondary N) is 1. The summed E-state index contributed by atoms with van der Waals surface area (Å²) in [5, 5.41) is 12.0. The Labute approximate surface area is 170 Å². The molecule has 0 unspecified atom stereocenters. The highest BCUT2D eigenvalue weighted by Crippen LogP contribution is 2.39. The quantitative estimate of drug-likeness (QED) is 0.580. The first-order chi connectivity index (χ1) is 13.6. The van der Waals surface area contributed by atoms with Crippen molar-refractivity contribution < 1.29 is 27.8 Å². The van der Waals surface area contributed by atoms with Gasteiger partial charge in [0.25, 0.3) is 0 Å². The molecule has 1 aliphatic rings. The molecular formula is C21H19ClF3NO3. The molecule has 1 aliphatic heterocycles. The Hall–Kier alpha value is -2.67. The lowest BCUT2D eigenvalue weighted by Crippen LogP contribution is -2.31. The SMILES string of the molecule is CC(=Cc1ccc2c(c1)NC[C@H](CCC(=O)O)O2)c1c(Cl)cccc1C(F)(F)F. The van der Waals surface area contributed by atoms with Gasteiger partial charge >= 0.3 is 12.1 Å². The second-order valence-electron chi connectivity index (χ2n) is 6.80. The maximum Gasteiger partial charge on any atom is 0.417 e. The number of carboxylic acid groups (broad SMARTS) is 1. The summed E-state index contributed by atoms with van der Waals surface area (Å²) < 4.78 is 45.9. The molecule has 2 aromatic carbocycles. The molecular weight excluding hydrogens is 407 g/mol. The van der Waals surface area contributed by atoms with E-state index in [0.717, 1.165) is 6.07 Å². The number of rotatable bonds is 5. The highest BCUT2D eigenvalue weighted by Gasteiger charge is 2.34. The van der Waals surface area contributed by atoms with Gasteiger partial charge in [0, 0.05) is 17.0 Å². The van der Waals surface area contributed by atoms with Crippen molar-refractivity contribution in [1.29, 1.82) is 0 Å². The Kier molecular flexibility index (Phi) is 6.07. The van der Waals surface area contributed by atoms with Crippen molar-refractivity contribution in [2.45, 2.75) is 32.0 Å². The highest BCUT2D eigenvalue weighted by atomic mass is 35.5. The van der Waals surface area contributed by atoms with E-state index in [9.17, 15) is 18.0 Å². The Bertz CT molecular complexity index is 957. The minimum Gasteiger partial charge on any atom is -0.486 e. The van der Waals surface area contributed by atoms with E-state index in [1.54, 1.807) is 31.2 Å². The van der Waals surface area contributed by atoms with Crippen LogP contribution >= 0.6 is 11.6 Å². The molecule has 1 heterocycles. The van der Waals surface area contributed by atoms with Crippen LogP contribution in [-0.4, -0.2) is 23.7 Å². The molecule has 0 aromatic heterocycles. The van der Waals surface area contributed by atoms with Crippen LogP contribution < -0.4 is 10.1 Å². The Balaban J connectivity index is 1.85. The molecule has 0 saturated carbocycles. The van der Waals surface area contributed by atoms with Crippen molar-refractivity contribution in [3.8, 4) is 5.75 Å². The number of carboxylic acids is 1. The fraction of sp³-hybridized carbons (Fsp3) is 0.286. The molecule has 0 radical (unpaired) electrons. The van der Waals surface area contributed by atoms with Gasteiger partial charge in [-0.1, -0.05) is 29.8 Å². The topological polar surface area (TPSA) is 58.6 Å². The van der Waals surface area contributed by atoms with Gasteiger partial charge in [-0.3, -0.25) is 4.79 Å². The molecule has 3 rings (SSSR count). The van der Waals surface area contributed by atoms with Crippen molar-refractivity contribution in [3.63, 3.8) is 0 Å². The van der Waals surface area contributed by atoms with Crippen LogP contribution in [0.1, 0.15) is 36.5 Å². The largest absolute Gasteiger partial charge is 0.486 e. The van der Waals surface area contributed by atoms with Gasteiger partial charge < -0.3 is 15.2 Å². The first kappa shape index (κ1) is 21.0. The molecule has 2 aromatic rings. The average Bonchev–Trinajstić information content (AvgIpc) is 2.65. The molecule has 0 bridgehead atoms. The zero-order valence-corrected chi connectivity index (χ0v) is 16.3. The normalized spacial score (nSPS) is 16.6. The van der Waals surface area contributed by atoms with E-state index in [0.29, 0.717) is 35.5 Å². The van der Waals surface area contributed by atoms with Crippen LogP contribution in [0.4, 0.5) is 18.9 Å². The van der Waals surface area contributed by atoms with Gasteiger partial charge in [0.15, 0.2) is 0 Å². The molecule has 4 nitrogen and oxygen atoms in total. The zero-order chi connectivity index (χ0) is 21.2. The summed E-state index contributed by atoms with van der Waals surface area (Å²) in [7, 11) is 0. The summed E-state index contributed by atoms with van der Waals surface area (Å²) in [6.07, 6.45) is -2.73. The average molecular weight is 426 g/mol. The zero-order valence-electron chi connectivity index (χ0n) is 15.5. The van der Waals surface area contributed by atoms with Gasteiger partial charge in [-0.15, -0.1) is 0 Å². The third-order valence-electron chi connectivity index (χ3n) is 4.59. The van der Waals surface area contributed by atoms with Gasteiger partial charge in [-0.2, -0.15) is 13.2 Å². The standard InChI is InChI=1S/C21H19ClF3NO3/c1-12(20-15(21(23,24)25)3-2-4-16(20)22)9-13-5-7-18-17(10-13)26-11-14(29-18)6-8-19(27)28/h2-5,7,9-10,14,26H,6,8,11H2,1H3,(H,27,28)/t14-/m0/s1. The van der Waals surface area contributed by atoms with Crippen LogP contribution in [0.2, 0.25) is 5.02 Å². The van der Waals surface area contributed by atoms with E-state index in [1.165, 1.54) is 12.1 Å². The predicted octanol–water partition coefficient (Wildman–Crippen LogP) is 5.96. The number of allylic oxidation sites excluding steroid dienone is 1. The molecule has 0 fully saturated rings. The van der Waals surface area contributed by atoms with Gasteiger partial charge in [-0.05, 0) is 48.7 Å². The number of ether oxygens (including phenoxy) is 1. The predicted molar refractivity (Wildman–Crippen MR) is 106 cm³/mol. The number of benzene rings is 2. The van der Waals surface area contributed by atoms with Crippen LogP contribution in [0.15, 0.2) is 36.4 Å². The molecule has 29 heavy (non-hydrogen) atoms. The summed E-state index contributed by atoms with van der Waals surface area (Å²) in [6.45, 7) is 2.04. The van der Waals surface area contributed by atoms with E-state index in [4.69, 9.17) is 21.4 Å². The van der Waals surface area contributed by atoms with Crippen LogP contribution in [-0.2, 0) is 11.0 Å². The Morgan fingerprint density at radius 3 is 2.79 bits per heavy atom. The first-order valence-electron chi connectivity index (χ1n) is 8.96. The minimum absolute atomic E-state index is 0.0150. The summed E-state index contributed by atoms with van der Waals surface area (Å²) >= 11 is 6.06. The van der Waals surface area contributed by atoms with E-state index in [-0.39, 0.29) is 23.1 Å². The number of halogens is 4. The highest BCUT2D eigenvalue weighted by molar-refractivity contribution is 6.32. The fourth-order valence-electron chi connectivity index (χ4n) is 3.25. The maximum atomic E-state index is 13.4. The molecule has 1 atom stereocenters. The van der Waals surface area contributed by atoms with Crippen molar-refractivity contribution in [2.24, 2.45) is 0 Å². The number of fused-ring (bicyclic) bond motifs is 1. The number of alkyl halides is 3. The van der Waals surface area contributed by atoms with E-state index in [1.807, 2.05) is 0 Å². The second-order valence-corrected chi connectivity index (χ2v) is 7.20. The molecule has 0 spiro atoms. The van der Waals surface area contributed by atoms with Gasteiger partial charge in [0.05, 0.1) is 17.8 Å². The van der Waals surface area contributed by atoms with E-state index in [2.05, 4.69) is 5.32 Å². The molecule has 0 saturated heterocycles. The molecule has 154 valence electrons. The van der Waals surface area contributed by atoms with Crippen LogP contribution in [0, 0.1) is 0 Å². The van der Waals surface area contributed by atoms with E-state index >= 15 is 0 Å². The number of anilines is 1. The van der Waals surface area contributed by atoms with Gasteiger partial charge in [-0.25, -0.2) is 0 Å². The van der Waals surface area contributed by atoms with Crippen LogP contribution in [0.3, 0.4) is 0 Å². The van der Waals surface area contributed by atoms with Crippen LogP contribution in [0.25, 0.3) is 11.6 Å². The number of aliphatic carboxylic acids is 1. The Morgan fingerprint density at radius 1 is 1.34 bits per heavy atom. The minimum atomic E-state index is -4.51. The van der Waals surface area contributed by atoms with Crippen molar-refractivity contribution in [1.82, 2.24) is 0 Å². The molecule has 8 heteroatoms. The van der Waals surface area contributed by atoms with Crippen LogP contribution in [0.5, 0.6) is 5.75 Å². The number of hydrogen-bond donors (Lipinski definition) is 2. The summed E-state index contributed by atoms with van der Waals surface area (Å²) in [5.41, 5.74) is 0.957. The second kappa shape index (κ2) is 8.37. The third kappa shape index (κ3) is 5.03. The fourth-order valence-corrected chi connectivity index (χ4v) is 3.58. The monoisotopic (exact) mass is 425 g/mol. The smallest absolute Gasteiger partial charge is 0.417 e. The van der Waals surface area contributed by atoms with E-state index < -0.39 is 17.7 Å². The molecule has 2 N–H and O–H groups in total. The summed E-state index contributed by atoms with van der Waals surface area (Å²) in [5.74, 6) is -0.302. The summed E-state index contributed by atoms with van der Waals surface area (Å²) in [4.78, 5) is 10.7. The lowest BCUT2D eigenvalue weighted by molar-refractivity contribution is -0.138. The first-order valence-corrected chi connectivity index (χ1v) is 9.33. The van der Waals surface area contributed by atoms with Crippen molar-refractivity contribution in [3.05, 3.63) is 58.1 Å². The molecule has 0 amide bonds. The maximum absolute atomic E-state index is 13.4.